The highest BCUT2D eigenvalue weighted by atomic mass is 16.5. The number of methoxy groups -OCH3 is 1. The fraction of sp³-hybridized carbons (Fsp3) is 0.538. The topological polar surface area (TPSA) is 21.3 Å². The van der Waals surface area contributed by atoms with Gasteiger partial charge in [-0.25, -0.2) is 0 Å². The maximum atomic E-state index is 5.13. The molecule has 1 aromatic rings. The molecule has 0 amide bonds. The highest BCUT2D eigenvalue weighted by Gasteiger charge is 2.22. The van der Waals surface area contributed by atoms with Crippen LogP contribution in [0.25, 0.3) is 0 Å². The molecule has 0 saturated heterocycles. The van der Waals surface area contributed by atoms with E-state index in [1.807, 2.05) is 12.1 Å². The van der Waals surface area contributed by atoms with Crippen molar-refractivity contribution in [3.05, 3.63) is 24.3 Å². The average molecular weight is 205 g/mol. The van der Waals surface area contributed by atoms with Gasteiger partial charge in [-0.15, -0.1) is 0 Å². The molecule has 1 saturated carbocycles. The third-order valence-electron chi connectivity index (χ3n) is 3.30. The van der Waals surface area contributed by atoms with Crippen molar-refractivity contribution in [2.45, 2.75) is 32.2 Å². The van der Waals surface area contributed by atoms with Crippen molar-refractivity contribution in [3.63, 3.8) is 0 Å². The van der Waals surface area contributed by atoms with E-state index in [-0.39, 0.29) is 0 Å². The van der Waals surface area contributed by atoms with E-state index in [2.05, 4.69) is 24.4 Å². The molecule has 2 rings (SSSR count). The summed E-state index contributed by atoms with van der Waals surface area (Å²) in [5.74, 6) is 1.71. The second-order valence-electron chi connectivity index (χ2n) is 4.39. The Labute approximate surface area is 91.6 Å². The second kappa shape index (κ2) is 4.56. The van der Waals surface area contributed by atoms with E-state index in [1.165, 1.54) is 24.9 Å². The van der Waals surface area contributed by atoms with Crippen LogP contribution in [0.2, 0.25) is 0 Å². The first-order valence-corrected chi connectivity index (χ1v) is 5.70. The first kappa shape index (κ1) is 10.3. The van der Waals surface area contributed by atoms with Crippen LogP contribution in [0.5, 0.6) is 5.75 Å². The van der Waals surface area contributed by atoms with Gasteiger partial charge in [-0.2, -0.15) is 0 Å². The van der Waals surface area contributed by atoms with Crippen molar-refractivity contribution in [1.82, 2.24) is 0 Å². The number of anilines is 1. The SMILES string of the molecule is COc1ccc(N[C@@H]2CCC[C@H]2C)cc1. The predicted octanol–water partition coefficient (Wildman–Crippen LogP) is 3.30. The third kappa shape index (κ3) is 2.44. The molecular weight excluding hydrogens is 186 g/mol. The van der Waals surface area contributed by atoms with E-state index < -0.39 is 0 Å². The van der Waals surface area contributed by atoms with Gasteiger partial charge < -0.3 is 10.1 Å². The van der Waals surface area contributed by atoms with Gasteiger partial charge >= 0.3 is 0 Å². The lowest BCUT2D eigenvalue weighted by Crippen LogP contribution is -2.21. The smallest absolute Gasteiger partial charge is 0.119 e. The minimum Gasteiger partial charge on any atom is -0.497 e. The van der Waals surface area contributed by atoms with Gasteiger partial charge in [-0.1, -0.05) is 13.3 Å². The van der Waals surface area contributed by atoms with Crippen LogP contribution in [-0.4, -0.2) is 13.2 Å². The Balaban J connectivity index is 1.98. The molecule has 2 atom stereocenters. The zero-order valence-electron chi connectivity index (χ0n) is 9.49. The summed E-state index contributed by atoms with van der Waals surface area (Å²) >= 11 is 0. The molecule has 1 N–H and O–H groups in total. The molecule has 0 aliphatic heterocycles. The highest BCUT2D eigenvalue weighted by molar-refractivity contribution is 5.47. The summed E-state index contributed by atoms with van der Waals surface area (Å²) in [6.07, 6.45) is 4.01. The Bertz CT molecular complexity index is 307. The van der Waals surface area contributed by atoms with E-state index in [0.29, 0.717) is 6.04 Å². The van der Waals surface area contributed by atoms with Gasteiger partial charge in [0, 0.05) is 11.7 Å². The van der Waals surface area contributed by atoms with Gasteiger partial charge in [-0.05, 0) is 43.0 Å². The van der Waals surface area contributed by atoms with E-state index in [0.717, 1.165) is 11.7 Å². The van der Waals surface area contributed by atoms with Gasteiger partial charge in [0.2, 0.25) is 0 Å². The van der Waals surface area contributed by atoms with Crippen LogP contribution in [0.1, 0.15) is 26.2 Å². The van der Waals surface area contributed by atoms with Crippen LogP contribution in [-0.2, 0) is 0 Å². The summed E-state index contributed by atoms with van der Waals surface area (Å²) in [5, 5.41) is 3.59. The molecule has 0 spiro atoms. The standard InChI is InChI=1S/C13H19NO/c1-10-4-3-5-13(10)14-11-6-8-12(15-2)9-7-11/h6-10,13-14H,3-5H2,1-2H3/t10-,13-/m1/s1. The molecule has 0 unspecified atom stereocenters. The number of benzene rings is 1. The summed E-state index contributed by atoms with van der Waals surface area (Å²) in [6, 6.07) is 8.83. The molecule has 2 nitrogen and oxygen atoms in total. The summed E-state index contributed by atoms with van der Waals surface area (Å²) in [4.78, 5) is 0. The zero-order chi connectivity index (χ0) is 10.7. The van der Waals surface area contributed by atoms with E-state index in [1.54, 1.807) is 7.11 Å². The number of rotatable bonds is 3. The molecule has 1 aliphatic carbocycles. The highest BCUT2D eigenvalue weighted by Crippen LogP contribution is 2.28. The van der Waals surface area contributed by atoms with Crippen molar-refractivity contribution in [2.24, 2.45) is 5.92 Å². The Hall–Kier alpha value is -1.18. The van der Waals surface area contributed by atoms with Crippen molar-refractivity contribution >= 4 is 5.69 Å². The molecule has 0 bridgehead atoms. The number of hydrogen-bond acceptors (Lipinski definition) is 2. The molecule has 0 aromatic heterocycles. The predicted molar refractivity (Wildman–Crippen MR) is 63.4 cm³/mol. The minimum absolute atomic E-state index is 0.651. The quantitative estimate of drug-likeness (QED) is 0.817. The van der Waals surface area contributed by atoms with Gasteiger partial charge in [0.25, 0.3) is 0 Å². The second-order valence-corrected chi connectivity index (χ2v) is 4.39. The molecule has 2 heteroatoms. The maximum absolute atomic E-state index is 5.13. The van der Waals surface area contributed by atoms with Crippen LogP contribution < -0.4 is 10.1 Å². The maximum Gasteiger partial charge on any atom is 0.119 e. The summed E-state index contributed by atoms with van der Waals surface area (Å²) < 4.78 is 5.13. The van der Waals surface area contributed by atoms with Crippen molar-refractivity contribution in [2.75, 3.05) is 12.4 Å². The van der Waals surface area contributed by atoms with Crippen LogP contribution in [0.3, 0.4) is 0 Å². The van der Waals surface area contributed by atoms with Crippen molar-refractivity contribution in [1.29, 1.82) is 0 Å². The Morgan fingerprint density at radius 2 is 1.93 bits per heavy atom. The van der Waals surface area contributed by atoms with E-state index in [4.69, 9.17) is 4.74 Å². The number of nitrogens with one attached hydrogen (secondary N) is 1. The lowest BCUT2D eigenvalue weighted by Gasteiger charge is -2.18. The molecule has 82 valence electrons. The van der Waals surface area contributed by atoms with Crippen LogP contribution in [0.15, 0.2) is 24.3 Å². The fourth-order valence-corrected chi connectivity index (χ4v) is 2.26. The molecular formula is C13H19NO. The number of ether oxygens (including phenoxy) is 1. The molecule has 15 heavy (non-hydrogen) atoms. The number of hydrogen-bond donors (Lipinski definition) is 1. The van der Waals surface area contributed by atoms with E-state index in [9.17, 15) is 0 Å². The first-order valence-electron chi connectivity index (χ1n) is 5.70. The van der Waals surface area contributed by atoms with Gasteiger partial charge in [0.15, 0.2) is 0 Å². The summed E-state index contributed by atoms with van der Waals surface area (Å²) in [6.45, 7) is 2.33. The van der Waals surface area contributed by atoms with Gasteiger partial charge in [0.1, 0.15) is 5.75 Å². The molecule has 0 heterocycles. The minimum atomic E-state index is 0.651. The van der Waals surface area contributed by atoms with E-state index >= 15 is 0 Å². The Kier molecular flexibility index (Phi) is 3.14. The van der Waals surface area contributed by atoms with Gasteiger partial charge in [0.05, 0.1) is 7.11 Å². The van der Waals surface area contributed by atoms with Crippen molar-refractivity contribution in [3.8, 4) is 5.75 Å². The largest absolute Gasteiger partial charge is 0.497 e. The lowest BCUT2D eigenvalue weighted by atomic mass is 10.1. The Morgan fingerprint density at radius 1 is 1.20 bits per heavy atom. The van der Waals surface area contributed by atoms with Crippen LogP contribution >= 0.6 is 0 Å². The molecule has 1 aromatic carbocycles. The molecule has 1 fully saturated rings. The first-order chi connectivity index (χ1) is 7.29. The third-order valence-corrected chi connectivity index (χ3v) is 3.30. The van der Waals surface area contributed by atoms with Crippen LogP contribution in [0, 0.1) is 5.92 Å². The lowest BCUT2D eigenvalue weighted by molar-refractivity contribution is 0.415. The summed E-state index contributed by atoms with van der Waals surface area (Å²) in [7, 11) is 1.70. The molecule has 1 aliphatic rings. The Morgan fingerprint density at radius 3 is 2.47 bits per heavy atom. The van der Waals surface area contributed by atoms with Gasteiger partial charge in [-0.3, -0.25) is 0 Å². The normalized spacial score (nSPS) is 25.2. The van der Waals surface area contributed by atoms with Crippen molar-refractivity contribution < 1.29 is 4.74 Å². The average Bonchev–Trinajstić information content (AvgIpc) is 2.66. The zero-order valence-corrected chi connectivity index (χ0v) is 9.49. The fourth-order valence-electron chi connectivity index (χ4n) is 2.26. The summed E-state index contributed by atoms with van der Waals surface area (Å²) in [5.41, 5.74) is 1.20. The van der Waals surface area contributed by atoms with Crippen LogP contribution in [0.4, 0.5) is 5.69 Å². The molecule has 0 radical (unpaired) electrons. The monoisotopic (exact) mass is 205 g/mol.